The minimum absolute atomic E-state index is 0.199. The Morgan fingerprint density at radius 3 is 0.852 bits per heavy atom. The van der Waals surface area contributed by atoms with E-state index in [0.717, 1.165) is 8.19 Å². The van der Waals surface area contributed by atoms with Gasteiger partial charge in [0.15, 0.2) is 0 Å². The van der Waals surface area contributed by atoms with Gasteiger partial charge in [0, 0.05) is 0 Å². The second kappa shape index (κ2) is 19.7. The van der Waals surface area contributed by atoms with E-state index >= 15 is 0 Å². The summed E-state index contributed by atoms with van der Waals surface area (Å²) in [5, 5.41) is 0. The molecule has 0 radical (unpaired) electrons. The van der Waals surface area contributed by atoms with E-state index in [9.17, 15) is 0 Å². The van der Waals surface area contributed by atoms with Crippen LogP contribution in [0.25, 0.3) is 0 Å². The molecule has 27 heavy (non-hydrogen) atoms. The summed E-state index contributed by atoms with van der Waals surface area (Å²) < 4.78 is 7.49. The topological polar surface area (TPSA) is 0 Å². The van der Waals surface area contributed by atoms with Crippen molar-refractivity contribution >= 4 is 0 Å². The fraction of sp³-hybridized carbons (Fsp3) is 0.500. The monoisotopic (exact) mass is 591 g/mol. The Hall–Kier alpha value is 1.75. The minimum atomic E-state index is -0.199. The van der Waals surface area contributed by atoms with Crippen molar-refractivity contribution in [3.63, 3.8) is 0 Å². The SMILES string of the molecule is CC[CH2][Y][CH]1C=CC=C1.CC[CH2][Y][CH]1C=CC=C1.CC[CH2][Y][CH]1C=CC=C1. The average molecular weight is 591 g/mol. The summed E-state index contributed by atoms with van der Waals surface area (Å²) >= 11 is -0.597. The molecule has 3 rings (SSSR count). The molecule has 0 bridgehead atoms. The van der Waals surface area contributed by atoms with Crippen molar-refractivity contribution in [3.05, 3.63) is 72.9 Å². The first-order valence-electron chi connectivity index (χ1n) is 10.8. The van der Waals surface area contributed by atoms with Crippen molar-refractivity contribution < 1.29 is 87.6 Å². The van der Waals surface area contributed by atoms with Gasteiger partial charge in [-0.25, -0.2) is 0 Å². The molecule has 0 amide bonds. The van der Waals surface area contributed by atoms with Crippen molar-refractivity contribution in [2.24, 2.45) is 0 Å². The van der Waals surface area contributed by atoms with Crippen LogP contribution in [0.3, 0.4) is 0 Å². The van der Waals surface area contributed by atoms with Crippen LogP contribution in [-0.4, -0.2) is 0 Å². The van der Waals surface area contributed by atoms with Crippen LogP contribution in [0.5, 0.6) is 0 Å². The van der Waals surface area contributed by atoms with Crippen LogP contribution >= 0.6 is 0 Å². The second-order valence-electron chi connectivity index (χ2n) is 7.11. The van der Waals surface area contributed by atoms with Crippen LogP contribution in [0.2, 0.25) is 17.9 Å². The molecule has 3 heteroatoms. The predicted molar refractivity (Wildman–Crippen MR) is 111 cm³/mol. The van der Waals surface area contributed by atoms with E-state index in [1.807, 2.05) is 0 Å². The van der Waals surface area contributed by atoms with Gasteiger partial charge in [-0.05, 0) is 0 Å². The Bertz CT molecular complexity index is 414. The van der Waals surface area contributed by atoms with Crippen LogP contribution in [0.4, 0.5) is 0 Å². The zero-order valence-electron chi connectivity index (χ0n) is 17.6. The maximum absolute atomic E-state index is 2.36. The first-order chi connectivity index (χ1) is 13.3. The normalized spacial score (nSPS) is 16.6. The van der Waals surface area contributed by atoms with E-state index in [2.05, 4.69) is 93.7 Å². The van der Waals surface area contributed by atoms with Crippen molar-refractivity contribution in [1.29, 1.82) is 0 Å². The molecule has 0 saturated heterocycles. The first kappa shape index (κ1) is 26.8. The molecule has 0 aliphatic heterocycles. The third-order valence-electron chi connectivity index (χ3n) is 4.52. The molecule has 0 nitrogen and oxygen atoms in total. The zero-order valence-corrected chi connectivity index (χ0v) is 26.1. The van der Waals surface area contributed by atoms with Gasteiger partial charge in [-0.1, -0.05) is 0 Å². The van der Waals surface area contributed by atoms with Gasteiger partial charge in [-0.2, -0.15) is 0 Å². The molecule has 0 heterocycles. The maximum atomic E-state index is 2.36. The van der Waals surface area contributed by atoms with Crippen LogP contribution in [0.1, 0.15) is 40.0 Å². The van der Waals surface area contributed by atoms with Crippen molar-refractivity contribution in [2.75, 3.05) is 0 Å². The van der Waals surface area contributed by atoms with Gasteiger partial charge in [0.2, 0.25) is 0 Å². The van der Waals surface area contributed by atoms with E-state index in [0.29, 0.717) is 0 Å². The summed E-state index contributed by atoms with van der Waals surface area (Å²) in [5.74, 6) is 0. The predicted octanol–water partition coefficient (Wildman–Crippen LogP) is 8.44. The molecule has 3 aliphatic carbocycles. The van der Waals surface area contributed by atoms with Crippen molar-refractivity contribution in [3.8, 4) is 0 Å². The molecule has 0 N–H and O–H groups in total. The number of hydrogen-bond acceptors (Lipinski definition) is 0. The molecule has 3 aliphatic rings. The molecule has 0 aromatic carbocycles. The Balaban J connectivity index is 0.000000202. The first-order valence-corrected chi connectivity index (χ1v) is 21.8. The van der Waals surface area contributed by atoms with E-state index in [1.165, 1.54) is 19.3 Å². The zero-order chi connectivity index (χ0) is 19.6. The summed E-state index contributed by atoms with van der Waals surface area (Å²) in [6.45, 7) is 6.86. The summed E-state index contributed by atoms with van der Waals surface area (Å²) in [6, 6.07) is 0. The molecule has 0 atom stereocenters. The van der Waals surface area contributed by atoms with E-state index < -0.39 is 0 Å². The van der Waals surface area contributed by atoms with E-state index in [4.69, 9.17) is 0 Å². The van der Waals surface area contributed by atoms with Gasteiger partial charge in [-0.3, -0.25) is 0 Å². The fourth-order valence-corrected chi connectivity index (χ4v) is 12.4. The Kier molecular flexibility index (Phi) is 19.5. The molecule has 0 aromatic heterocycles. The van der Waals surface area contributed by atoms with Gasteiger partial charge < -0.3 is 0 Å². The Morgan fingerprint density at radius 1 is 0.444 bits per heavy atom. The van der Waals surface area contributed by atoms with Gasteiger partial charge in [0.05, 0.1) is 0 Å². The van der Waals surface area contributed by atoms with Gasteiger partial charge >= 0.3 is 218 Å². The standard InChI is InChI=1S/3C5H5.3C3H7.3Y/c3*1-2-4-5-3-1;3*1-3-2;;;/h3*1-5H;3*1,3H2,2H3;;;. The second-order valence-corrected chi connectivity index (χ2v) is 20.5. The molecule has 0 unspecified atom stereocenters. The summed E-state index contributed by atoms with van der Waals surface area (Å²) in [6.07, 6.45) is 31.5. The molecular weight excluding hydrogens is 555 g/mol. The Labute approximate surface area is 214 Å². The Morgan fingerprint density at radius 2 is 0.667 bits per heavy atom. The summed E-state index contributed by atoms with van der Waals surface area (Å²) in [4.78, 5) is 0. The van der Waals surface area contributed by atoms with Gasteiger partial charge in [0.1, 0.15) is 0 Å². The molecule has 0 aromatic rings. The number of allylic oxidation sites excluding steroid dienone is 12. The quantitative estimate of drug-likeness (QED) is 0.253. The molecule has 0 saturated carbocycles. The van der Waals surface area contributed by atoms with Gasteiger partial charge in [0.25, 0.3) is 0 Å². The van der Waals surface area contributed by atoms with Crippen LogP contribution < -0.4 is 0 Å². The van der Waals surface area contributed by atoms with Gasteiger partial charge in [-0.15, -0.1) is 0 Å². The number of hydrogen-bond donors (Lipinski definition) is 0. The fourth-order valence-electron chi connectivity index (χ4n) is 2.90. The van der Waals surface area contributed by atoms with Crippen LogP contribution in [0.15, 0.2) is 72.9 Å². The molecule has 0 fully saturated rings. The van der Waals surface area contributed by atoms with E-state index in [1.54, 1.807) is 9.69 Å². The molecule has 141 valence electrons. The van der Waals surface area contributed by atoms with E-state index in [-0.39, 0.29) is 87.6 Å². The third-order valence-corrected chi connectivity index (χ3v) is 18.5. The van der Waals surface area contributed by atoms with Crippen molar-refractivity contribution in [2.45, 2.75) is 57.9 Å². The van der Waals surface area contributed by atoms with Crippen LogP contribution in [0, 0.1) is 0 Å². The third kappa shape index (κ3) is 15.2. The summed E-state index contributed by atoms with van der Waals surface area (Å²) in [5.41, 5.74) is 0. The average Bonchev–Trinajstić information content (AvgIpc) is 3.47. The number of rotatable bonds is 9. The van der Waals surface area contributed by atoms with Crippen molar-refractivity contribution in [1.82, 2.24) is 0 Å². The molecular formula is C24H36Y3. The van der Waals surface area contributed by atoms with Crippen LogP contribution in [-0.2, 0) is 87.6 Å². The molecule has 0 spiro atoms. The summed E-state index contributed by atoms with van der Waals surface area (Å²) in [7, 11) is 0.